The average Bonchev–Trinajstić information content (AvgIpc) is 2.65. The molecule has 0 radical (unpaired) electrons. The van der Waals surface area contributed by atoms with Gasteiger partial charge in [-0.2, -0.15) is 5.10 Å². The molecule has 0 fully saturated rings. The number of aromatic nitrogens is 2. The van der Waals surface area contributed by atoms with Crippen LogP contribution in [-0.4, -0.2) is 10.2 Å². The smallest absolute Gasteiger partial charge is 0.0701 e. The van der Waals surface area contributed by atoms with E-state index in [0.717, 1.165) is 16.5 Å². The summed E-state index contributed by atoms with van der Waals surface area (Å²) in [4.78, 5) is 1.23. The van der Waals surface area contributed by atoms with Crippen molar-refractivity contribution in [1.82, 2.24) is 10.2 Å². The maximum Gasteiger partial charge on any atom is 0.0701 e. The fourth-order valence-corrected chi connectivity index (χ4v) is 2.93. The van der Waals surface area contributed by atoms with E-state index in [2.05, 4.69) is 10.2 Å². The van der Waals surface area contributed by atoms with Crippen LogP contribution in [0.15, 0.2) is 29.3 Å². The molecule has 2 heterocycles. The molecule has 2 nitrogen and oxygen atoms in total. The molecule has 0 unspecified atom stereocenters. The first kappa shape index (κ1) is 8.38. The fraction of sp³-hybridized carbons (Fsp3) is 0.100. The van der Waals surface area contributed by atoms with Crippen molar-refractivity contribution < 1.29 is 0 Å². The van der Waals surface area contributed by atoms with Crippen LogP contribution >= 0.6 is 23.4 Å². The summed E-state index contributed by atoms with van der Waals surface area (Å²) in [6.45, 7) is 0. The molecule has 4 heteroatoms. The van der Waals surface area contributed by atoms with Crippen molar-refractivity contribution in [1.29, 1.82) is 0 Å². The third kappa shape index (κ3) is 1.16. The number of halogens is 1. The number of thioether (sulfide) groups is 1. The van der Waals surface area contributed by atoms with Gasteiger partial charge in [0.2, 0.25) is 0 Å². The first-order valence-electron chi connectivity index (χ1n) is 4.29. The summed E-state index contributed by atoms with van der Waals surface area (Å²) in [6, 6.07) is 5.96. The molecule has 1 aliphatic rings. The van der Waals surface area contributed by atoms with Crippen molar-refractivity contribution in [3.05, 3.63) is 35.0 Å². The van der Waals surface area contributed by atoms with E-state index < -0.39 is 0 Å². The highest BCUT2D eigenvalue weighted by atomic mass is 35.5. The van der Waals surface area contributed by atoms with Crippen LogP contribution in [0.3, 0.4) is 0 Å². The number of H-pyrrole nitrogens is 1. The zero-order chi connectivity index (χ0) is 9.54. The molecular formula is C10H7ClN2S. The predicted octanol–water partition coefficient (Wildman–Crippen LogP) is 3.34. The first-order valence-corrected chi connectivity index (χ1v) is 5.66. The highest BCUT2D eigenvalue weighted by molar-refractivity contribution is 7.98. The predicted molar refractivity (Wildman–Crippen MR) is 58.6 cm³/mol. The van der Waals surface area contributed by atoms with Gasteiger partial charge >= 0.3 is 0 Å². The lowest BCUT2D eigenvalue weighted by Crippen LogP contribution is -1.93. The van der Waals surface area contributed by atoms with Crippen molar-refractivity contribution in [2.24, 2.45) is 0 Å². The lowest BCUT2D eigenvalue weighted by atomic mass is 10.1. The minimum Gasteiger partial charge on any atom is -0.277 e. The van der Waals surface area contributed by atoms with Crippen LogP contribution < -0.4 is 0 Å². The number of rotatable bonds is 0. The van der Waals surface area contributed by atoms with Gasteiger partial charge in [0.15, 0.2) is 0 Å². The van der Waals surface area contributed by atoms with Crippen LogP contribution in [-0.2, 0) is 5.75 Å². The second-order valence-electron chi connectivity index (χ2n) is 3.20. The Balaban J connectivity index is 2.26. The van der Waals surface area contributed by atoms with E-state index in [9.17, 15) is 0 Å². The zero-order valence-corrected chi connectivity index (χ0v) is 8.82. The van der Waals surface area contributed by atoms with E-state index in [1.807, 2.05) is 24.4 Å². The largest absolute Gasteiger partial charge is 0.277 e. The van der Waals surface area contributed by atoms with Crippen molar-refractivity contribution in [2.45, 2.75) is 10.6 Å². The Morgan fingerprint density at radius 3 is 3.29 bits per heavy atom. The number of aromatic amines is 1. The maximum atomic E-state index is 5.94. The highest BCUT2D eigenvalue weighted by Gasteiger charge is 2.17. The van der Waals surface area contributed by atoms with Gasteiger partial charge in [-0.05, 0) is 12.1 Å². The molecule has 0 amide bonds. The summed E-state index contributed by atoms with van der Waals surface area (Å²) in [5.74, 6) is 0.971. The molecule has 1 aliphatic heterocycles. The van der Waals surface area contributed by atoms with E-state index in [1.54, 1.807) is 11.8 Å². The van der Waals surface area contributed by atoms with E-state index in [1.165, 1.54) is 16.0 Å². The molecule has 1 N–H and O–H groups in total. The van der Waals surface area contributed by atoms with Gasteiger partial charge in [0.05, 0.1) is 11.9 Å². The molecule has 0 saturated carbocycles. The van der Waals surface area contributed by atoms with Crippen molar-refractivity contribution in [3.8, 4) is 11.3 Å². The third-order valence-electron chi connectivity index (χ3n) is 2.31. The number of benzene rings is 1. The van der Waals surface area contributed by atoms with Crippen molar-refractivity contribution in [2.75, 3.05) is 0 Å². The Kier molecular flexibility index (Phi) is 1.82. The van der Waals surface area contributed by atoms with Crippen molar-refractivity contribution >= 4 is 23.4 Å². The molecule has 0 saturated heterocycles. The Morgan fingerprint density at radius 1 is 1.43 bits per heavy atom. The van der Waals surface area contributed by atoms with Crippen LogP contribution in [0.1, 0.15) is 5.56 Å². The number of nitrogens with zero attached hydrogens (tertiary/aromatic N) is 1. The molecule has 0 spiro atoms. The van der Waals surface area contributed by atoms with Gasteiger partial charge in [0.1, 0.15) is 0 Å². The molecule has 1 aromatic carbocycles. The molecule has 0 atom stereocenters. The number of hydrogen-bond acceptors (Lipinski definition) is 2. The molecule has 2 aromatic rings. The van der Waals surface area contributed by atoms with Gasteiger partial charge in [-0.1, -0.05) is 17.7 Å². The van der Waals surface area contributed by atoms with E-state index in [4.69, 9.17) is 11.6 Å². The van der Waals surface area contributed by atoms with Crippen LogP contribution in [0.2, 0.25) is 5.02 Å². The molecular weight excluding hydrogens is 216 g/mol. The Labute approximate surface area is 90.7 Å². The first-order chi connectivity index (χ1) is 6.84. The quantitative estimate of drug-likeness (QED) is 0.741. The second kappa shape index (κ2) is 3.04. The Bertz CT molecular complexity index is 493. The second-order valence-corrected chi connectivity index (χ2v) is 4.65. The topological polar surface area (TPSA) is 28.7 Å². The molecule has 1 aromatic heterocycles. The normalized spacial score (nSPS) is 13.5. The Hall–Kier alpha value is -0.930. The van der Waals surface area contributed by atoms with Gasteiger partial charge in [-0.3, -0.25) is 5.10 Å². The number of nitrogens with one attached hydrogen (secondary N) is 1. The summed E-state index contributed by atoms with van der Waals surface area (Å²) in [7, 11) is 0. The number of hydrogen-bond donors (Lipinski definition) is 1. The molecule has 14 heavy (non-hydrogen) atoms. The van der Waals surface area contributed by atoms with E-state index in [-0.39, 0.29) is 0 Å². The average molecular weight is 223 g/mol. The Morgan fingerprint density at radius 2 is 2.36 bits per heavy atom. The van der Waals surface area contributed by atoms with Crippen LogP contribution in [0.25, 0.3) is 11.3 Å². The summed E-state index contributed by atoms with van der Waals surface area (Å²) in [5.41, 5.74) is 3.61. The fourth-order valence-electron chi connectivity index (χ4n) is 1.63. The third-order valence-corrected chi connectivity index (χ3v) is 3.65. The lowest BCUT2D eigenvalue weighted by Gasteiger charge is -2.14. The highest BCUT2D eigenvalue weighted by Crippen LogP contribution is 2.41. The summed E-state index contributed by atoms with van der Waals surface area (Å²) in [6.07, 6.45) is 1.89. The van der Waals surface area contributed by atoms with Crippen LogP contribution in [0.5, 0.6) is 0 Å². The molecule has 70 valence electrons. The zero-order valence-electron chi connectivity index (χ0n) is 7.25. The summed E-state index contributed by atoms with van der Waals surface area (Å²) in [5, 5.41) is 7.87. The van der Waals surface area contributed by atoms with Gasteiger partial charge in [0, 0.05) is 26.8 Å². The van der Waals surface area contributed by atoms with Crippen molar-refractivity contribution in [3.63, 3.8) is 0 Å². The van der Waals surface area contributed by atoms with Crippen LogP contribution in [0.4, 0.5) is 0 Å². The molecule has 0 aliphatic carbocycles. The van der Waals surface area contributed by atoms with Gasteiger partial charge in [0.25, 0.3) is 0 Å². The summed E-state index contributed by atoms with van der Waals surface area (Å²) >= 11 is 7.74. The van der Waals surface area contributed by atoms with Crippen LogP contribution in [0, 0.1) is 0 Å². The monoisotopic (exact) mass is 222 g/mol. The minimum absolute atomic E-state index is 0.791. The van der Waals surface area contributed by atoms with E-state index >= 15 is 0 Å². The molecule has 0 bridgehead atoms. The standard InChI is InChI=1S/C10H7ClN2S/c11-7-1-2-8-9(3-7)14-5-6-4-12-13-10(6)8/h1-4H,5H2,(H,12,13). The maximum absolute atomic E-state index is 5.94. The number of fused-ring (bicyclic) bond motifs is 3. The minimum atomic E-state index is 0.791. The van der Waals surface area contributed by atoms with E-state index in [0.29, 0.717) is 0 Å². The molecule has 3 rings (SSSR count). The van der Waals surface area contributed by atoms with Gasteiger partial charge in [-0.25, -0.2) is 0 Å². The van der Waals surface area contributed by atoms with Gasteiger partial charge in [-0.15, -0.1) is 11.8 Å². The summed E-state index contributed by atoms with van der Waals surface area (Å²) < 4.78 is 0. The van der Waals surface area contributed by atoms with Gasteiger partial charge < -0.3 is 0 Å². The SMILES string of the molecule is Clc1ccc2c(c1)SCc1cn[nH]c1-2. The lowest BCUT2D eigenvalue weighted by molar-refractivity contribution is 1.09.